The molecule has 0 radical (unpaired) electrons. The van der Waals surface area contributed by atoms with Crippen LogP contribution in [0.1, 0.15) is 16.2 Å². The normalized spacial score (nSPS) is 11.0. The number of rotatable bonds is 5. The summed E-state index contributed by atoms with van der Waals surface area (Å²) in [4.78, 5) is 17.5. The molecule has 5 rings (SSSR count). The minimum Gasteiger partial charge on any atom is -0.463 e. The number of aromatic nitrogens is 3. The van der Waals surface area contributed by atoms with Crippen LogP contribution in [0.4, 0.5) is 0 Å². The highest BCUT2D eigenvalue weighted by atomic mass is 35.5. The topological polar surface area (TPSA) is 91.2 Å². The van der Waals surface area contributed by atoms with Crippen molar-refractivity contribution in [1.29, 1.82) is 0 Å². The Bertz CT molecular complexity index is 1360. The molecule has 152 valence electrons. The number of esters is 1. The van der Waals surface area contributed by atoms with Gasteiger partial charge in [0, 0.05) is 16.0 Å². The van der Waals surface area contributed by atoms with Crippen molar-refractivity contribution in [3.8, 4) is 22.9 Å². The minimum absolute atomic E-state index is 0.161. The van der Waals surface area contributed by atoms with Crippen LogP contribution in [0.5, 0.6) is 0 Å². The van der Waals surface area contributed by atoms with Crippen LogP contribution in [0.2, 0.25) is 5.02 Å². The zero-order chi connectivity index (χ0) is 21.2. The number of fused-ring (bicyclic) bond motifs is 1. The molecule has 0 aliphatic rings. The first kappa shape index (κ1) is 19.0. The van der Waals surface area contributed by atoms with E-state index in [-0.39, 0.29) is 12.5 Å². The van der Waals surface area contributed by atoms with Crippen molar-refractivity contribution in [2.75, 3.05) is 0 Å². The van der Waals surface area contributed by atoms with E-state index in [1.54, 1.807) is 48.7 Å². The molecule has 0 bridgehead atoms. The summed E-state index contributed by atoms with van der Waals surface area (Å²) >= 11 is 5.90. The van der Waals surface area contributed by atoms with Gasteiger partial charge in [-0.15, -0.1) is 10.2 Å². The quantitative estimate of drug-likeness (QED) is 0.336. The summed E-state index contributed by atoms with van der Waals surface area (Å²) in [6.07, 6.45) is 1.55. The highest BCUT2D eigenvalue weighted by Gasteiger charge is 2.18. The molecule has 0 fully saturated rings. The van der Waals surface area contributed by atoms with E-state index in [1.165, 1.54) is 0 Å². The summed E-state index contributed by atoms with van der Waals surface area (Å²) in [5.41, 5.74) is 2.29. The Morgan fingerprint density at radius 3 is 2.65 bits per heavy atom. The van der Waals surface area contributed by atoms with Crippen molar-refractivity contribution < 1.29 is 18.4 Å². The fourth-order valence-corrected chi connectivity index (χ4v) is 3.25. The first-order chi connectivity index (χ1) is 15.2. The van der Waals surface area contributed by atoms with E-state index in [0.717, 1.165) is 5.56 Å². The molecule has 3 heterocycles. The van der Waals surface area contributed by atoms with Gasteiger partial charge in [0.15, 0.2) is 12.4 Å². The van der Waals surface area contributed by atoms with Crippen LogP contribution in [0.3, 0.4) is 0 Å². The van der Waals surface area contributed by atoms with E-state index >= 15 is 0 Å². The molecule has 0 unspecified atom stereocenters. The summed E-state index contributed by atoms with van der Waals surface area (Å²) in [6.45, 7) is -0.161. The zero-order valence-electron chi connectivity index (χ0n) is 16.0. The van der Waals surface area contributed by atoms with Gasteiger partial charge in [-0.3, -0.25) is 0 Å². The SMILES string of the molecule is O=C(OCc1nnc(-c2ccc(Cl)cc2)o1)c1cc(-c2ccco2)nc2ccccc12. The Labute approximate surface area is 181 Å². The van der Waals surface area contributed by atoms with Crippen molar-refractivity contribution in [3.63, 3.8) is 0 Å². The van der Waals surface area contributed by atoms with Gasteiger partial charge in [0.05, 0.1) is 17.3 Å². The van der Waals surface area contributed by atoms with Crippen LogP contribution in [0, 0.1) is 0 Å². The highest BCUT2D eigenvalue weighted by molar-refractivity contribution is 6.30. The lowest BCUT2D eigenvalue weighted by Gasteiger charge is -2.08. The molecule has 0 aliphatic carbocycles. The molecule has 0 spiro atoms. The molecule has 2 aromatic carbocycles. The summed E-state index contributed by atoms with van der Waals surface area (Å²) < 4.78 is 16.5. The van der Waals surface area contributed by atoms with Crippen LogP contribution in [-0.4, -0.2) is 21.2 Å². The molecule has 0 amide bonds. The Morgan fingerprint density at radius 2 is 1.84 bits per heavy atom. The smallest absolute Gasteiger partial charge is 0.339 e. The molecule has 7 nitrogen and oxygen atoms in total. The number of hydrogen-bond donors (Lipinski definition) is 0. The number of carbonyl (C=O) groups is 1. The molecule has 0 saturated carbocycles. The van der Waals surface area contributed by atoms with Crippen LogP contribution in [0.15, 0.2) is 81.8 Å². The van der Waals surface area contributed by atoms with Gasteiger partial charge in [0.1, 0.15) is 5.69 Å². The summed E-state index contributed by atoms with van der Waals surface area (Å²) in [5, 5.41) is 9.22. The number of carbonyl (C=O) groups excluding carboxylic acids is 1. The van der Waals surface area contributed by atoms with E-state index < -0.39 is 5.97 Å². The third-order valence-electron chi connectivity index (χ3n) is 4.59. The van der Waals surface area contributed by atoms with Crippen LogP contribution < -0.4 is 0 Å². The zero-order valence-corrected chi connectivity index (χ0v) is 16.7. The number of benzene rings is 2. The number of ether oxygens (including phenoxy) is 1. The van der Waals surface area contributed by atoms with Gasteiger partial charge in [-0.2, -0.15) is 0 Å². The van der Waals surface area contributed by atoms with Crippen molar-refractivity contribution >= 4 is 28.5 Å². The predicted octanol–water partition coefficient (Wildman–Crippen LogP) is 5.56. The largest absolute Gasteiger partial charge is 0.463 e. The first-order valence-electron chi connectivity index (χ1n) is 9.36. The Hall–Kier alpha value is -3.97. The maximum Gasteiger partial charge on any atom is 0.339 e. The van der Waals surface area contributed by atoms with Gasteiger partial charge in [0.2, 0.25) is 5.89 Å². The Kier molecular flexibility index (Phi) is 4.93. The Morgan fingerprint density at radius 1 is 1.00 bits per heavy atom. The van der Waals surface area contributed by atoms with Gasteiger partial charge in [-0.1, -0.05) is 29.8 Å². The highest BCUT2D eigenvalue weighted by Crippen LogP contribution is 2.26. The lowest BCUT2D eigenvalue weighted by atomic mass is 10.1. The molecular weight excluding hydrogens is 418 g/mol. The average Bonchev–Trinajstić information content (AvgIpc) is 3.50. The number of halogens is 1. The van der Waals surface area contributed by atoms with Crippen LogP contribution in [0.25, 0.3) is 33.8 Å². The molecule has 0 atom stereocenters. The van der Waals surface area contributed by atoms with Crippen molar-refractivity contribution in [2.24, 2.45) is 0 Å². The molecule has 8 heteroatoms. The molecule has 31 heavy (non-hydrogen) atoms. The maximum absolute atomic E-state index is 12.9. The molecule has 3 aromatic heterocycles. The van der Waals surface area contributed by atoms with Crippen molar-refractivity contribution in [2.45, 2.75) is 6.61 Å². The monoisotopic (exact) mass is 431 g/mol. The first-order valence-corrected chi connectivity index (χ1v) is 9.74. The van der Waals surface area contributed by atoms with Crippen LogP contribution in [-0.2, 0) is 11.3 Å². The van der Waals surface area contributed by atoms with E-state index in [0.29, 0.717) is 38.8 Å². The standard InChI is InChI=1S/C23H14ClN3O4/c24-15-9-7-14(8-10-15)22-27-26-21(31-22)13-30-23(28)17-12-19(20-6-3-11-29-20)25-18-5-2-1-4-16(17)18/h1-12H,13H2. The van der Waals surface area contributed by atoms with E-state index in [4.69, 9.17) is 25.2 Å². The van der Waals surface area contributed by atoms with Gasteiger partial charge in [-0.25, -0.2) is 9.78 Å². The number of para-hydroxylation sites is 1. The third kappa shape index (κ3) is 3.91. The fourth-order valence-electron chi connectivity index (χ4n) is 3.12. The second-order valence-electron chi connectivity index (χ2n) is 6.63. The second kappa shape index (κ2) is 8.04. The number of nitrogens with zero attached hydrogens (tertiary/aromatic N) is 3. The molecule has 0 N–H and O–H groups in total. The molecule has 0 aliphatic heterocycles. The maximum atomic E-state index is 12.9. The van der Waals surface area contributed by atoms with Gasteiger partial charge in [0.25, 0.3) is 5.89 Å². The van der Waals surface area contributed by atoms with Crippen molar-refractivity contribution in [1.82, 2.24) is 15.2 Å². The van der Waals surface area contributed by atoms with Gasteiger partial charge < -0.3 is 13.6 Å². The van der Waals surface area contributed by atoms with E-state index in [2.05, 4.69) is 15.2 Å². The lowest BCUT2D eigenvalue weighted by molar-refractivity contribution is 0.0441. The van der Waals surface area contributed by atoms with E-state index in [9.17, 15) is 4.79 Å². The van der Waals surface area contributed by atoms with Crippen LogP contribution >= 0.6 is 11.6 Å². The van der Waals surface area contributed by atoms with Crippen molar-refractivity contribution in [3.05, 3.63) is 89.5 Å². The minimum atomic E-state index is -0.530. The number of furan rings is 1. The van der Waals surface area contributed by atoms with Gasteiger partial charge >= 0.3 is 5.97 Å². The second-order valence-corrected chi connectivity index (χ2v) is 7.07. The fraction of sp³-hybridized carbons (Fsp3) is 0.0435. The number of hydrogen-bond acceptors (Lipinski definition) is 7. The van der Waals surface area contributed by atoms with Gasteiger partial charge in [-0.05, 0) is 48.5 Å². The lowest BCUT2D eigenvalue weighted by Crippen LogP contribution is -2.07. The molecular formula is C23H14ClN3O4. The summed E-state index contributed by atoms with van der Waals surface area (Å²) in [5.74, 6) is 0.530. The number of pyridine rings is 1. The summed E-state index contributed by atoms with van der Waals surface area (Å²) in [6, 6.07) is 19.5. The van der Waals surface area contributed by atoms with E-state index in [1.807, 2.05) is 24.3 Å². The average molecular weight is 432 g/mol. The molecule has 0 saturated heterocycles. The third-order valence-corrected chi connectivity index (χ3v) is 4.85. The summed E-state index contributed by atoms with van der Waals surface area (Å²) in [7, 11) is 0. The predicted molar refractivity (Wildman–Crippen MR) is 113 cm³/mol. The molecule has 5 aromatic rings. The Balaban J connectivity index is 1.39.